The van der Waals surface area contributed by atoms with Crippen LogP contribution in [0.15, 0.2) is 30.3 Å². The zero-order valence-electron chi connectivity index (χ0n) is 17.5. The fourth-order valence-corrected chi connectivity index (χ4v) is 4.86. The van der Waals surface area contributed by atoms with Gasteiger partial charge in [-0.05, 0) is 37.8 Å². The van der Waals surface area contributed by atoms with Crippen molar-refractivity contribution < 1.29 is 14.4 Å². The molecule has 3 amide bonds. The second-order valence-electron chi connectivity index (χ2n) is 8.06. The van der Waals surface area contributed by atoms with Gasteiger partial charge >= 0.3 is 0 Å². The van der Waals surface area contributed by atoms with Gasteiger partial charge in [-0.25, -0.2) is 0 Å². The Morgan fingerprint density at radius 1 is 0.871 bits per heavy atom. The molecule has 2 aromatic rings. The lowest BCUT2D eigenvalue weighted by molar-refractivity contribution is -0.136. The van der Waals surface area contributed by atoms with Gasteiger partial charge in [0.2, 0.25) is 15.9 Å². The first-order chi connectivity index (χ1) is 15.1. The van der Waals surface area contributed by atoms with Gasteiger partial charge in [0.05, 0.1) is 5.92 Å². The van der Waals surface area contributed by atoms with E-state index in [1.54, 1.807) is 17.0 Å². The average molecular weight is 442 g/mol. The van der Waals surface area contributed by atoms with Gasteiger partial charge in [0.15, 0.2) is 0 Å². The van der Waals surface area contributed by atoms with Gasteiger partial charge in [-0.3, -0.25) is 14.4 Å². The Bertz CT molecular complexity index is 924. The smallest absolute Gasteiger partial charge is 0.286 e. The highest BCUT2D eigenvalue weighted by molar-refractivity contribution is 7.15. The lowest BCUT2D eigenvalue weighted by Gasteiger charge is -2.34. The number of likely N-dealkylation sites (tertiary alicyclic amines) is 2. The first-order valence-corrected chi connectivity index (χ1v) is 11.7. The van der Waals surface area contributed by atoms with Gasteiger partial charge in [0.1, 0.15) is 0 Å². The van der Waals surface area contributed by atoms with Crippen LogP contribution in [-0.4, -0.2) is 63.9 Å². The Hall–Kier alpha value is -2.81. The number of hydrogen-bond donors (Lipinski definition) is 1. The van der Waals surface area contributed by atoms with E-state index in [2.05, 4.69) is 15.5 Å². The molecule has 0 saturated carbocycles. The maximum Gasteiger partial charge on any atom is 0.286 e. The predicted octanol–water partition coefficient (Wildman–Crippen LogP) is 3.05. The predicted molar refractivity (Wildman–Crippen MR) is 118 cm³/mol. The van der Waals surface area contributed by atoms with Crippen molar-refractivity contribution in [1.29, 1.82) is 0 Å². The van der Waals surface area contributed by atoms with E-state index < -0.39 is 5.91 Å². The molecule has 9 heteroatoms. The fourth-order valence-electron chi connectivity index (χ4n) is 4.16. The van der Waals surface area contributed by atoms with E-state index in [0.717, 1.165) is 50.1 Å². The van der Waals surface area contributed by atoms with E-state index >= 15 is 0 Å². The molecule has 2 saturated heterocycles. The first-order valence-electron chi connectivity index (χ1n) is 10.9. The number of nitrogens with one attached hydrogen (secondary N) is 1. The molecule has 1 aromatic carbocycles. The molecule has 31 heavy (non-hydrogen) atoms. The lowest BCUT2D eigenvalue weighted by Crippen LogP contribution is -2.47. The Morgan fingerprint density at radius 2 is 1.55 bits per heavy atom. The highest BCUT2D eigenvalue weighted by Crippen LogP contribution is 2.23. The minimum atomic E-state index is -0.393. The minimum Gasteiger partial charge on any atom is -0.342 e. The molecule has 1 atom stereocenters. The van der Waals surface area contributed by atoms with Gasteiger partial charge in [0.25, 0.3) is 11.8 Å². The van der Waals surface area contributed by atoms with Crippen LogP contribution < -0.4 is 5.32 Å². The maximum absolute atomic E-state index is 13.0. The molecule has 2 fully saturated rings. The number of piperidine rings is 1. The zero-order chi connectivity index (χ0) is 21.6. The molecule has 3 heterocycles. The molecule has 164 valence electrons. The van der Waals surface area contributed by atoms with E-state index in [9.17, 15) is 14.4 Å². The highest BCUT2D eigenvalue weighted by Gasteiger charge is 2.33. The van der Waals surface area contributed by atoms with Crippen molar-refractivity contribution in [2.45, 2.75) is 38.5 Å². The van der Waals surface area contributed by atoms with Crippen molar-refractivity contribution >= 4 is 34.7 Å². The van der Waals surface area contributed by atoms with Crippen molar-refractivity contribution in [1.82, 2.24) is 20.0 Å². The van der Waals surface area contributed by atoms with Crippen LogP contribution >= 0.6 is 11.3 Å². The number of carbonyl (C=O) groups excluding carboxylic acids is 3. The highest BCUT2D eigenvalue weighted by atomic mass is 32.1. The molecule has 4 rings (SSSR count). The summed E-state index contributed by atoms with van der Waals surface area (Å²) < 4.78 is 0. The van der Waals surface area contributed by atoms with Crippen LogP contribution in [0.3, 0.4) is 0 Å². The Morgan fingerprint density at radius 3 is 2.29 bits per heavy atom. The third kappa shape index (κ3) is 5.28. The number of nitrogens with zero attached hydrogens (tertiary/aromatic N) is 4. The first kappa shape index (κ1) is 21.4. The topological polar surface area (TPSA) is 95.5 Å². The zero-order valence-corrected chi connectivity index (χ0v) is 18.3. The molecule has 0 spiro atoms. The molecule has 0 radical (unpaired) electrons. The van der Waals surface area contributed by atoms with Gasteiger partial charge in [0, 0.05) is 31.9 Å². The van der Waals surface area contributed by atoms with Crippen LogP contribution in [0.25, 0.3) is 0 Å². The molecule has 8 nitrogen and oxygen atoms in total. The standard InChI is InChI=1S/C22H27N5O3S/c28-18(23-17-10-4-3-5-11-17)19-24-25-20(31-19)22(30)27-14-8-9-16(15-27)21(29)26-12-6-1-2-7-13-26/h3-5,10-11,16H,1-2,6-9,12-15H2,(H,23,28)/t16-/m1/s1. The Labute approximate surface area is 185 Å². The van der Waals surface area contributed by atoms with Crippen LogP contribution in [0.4, 0.5) is 5.69 Å². The number of amides is 3. The Kier molecular flexibility index (Phi) is 6.91. The summed E-state index contributed by atoms with van der Waals surface area (Å²) >= 11 is 0.982. The van der Waals surface area contributed by atoms with Crippen molar-refractivity contribution in [3.63, 3.8) is 0 Å². The summed E-state index contributed by atoms with van der Waals surface area (Å²) in [4.78, 5) is 42.0. The molecular formula is C22H27N5O3S. The molecule has 0 aliphatic carbocycles. The molecule has 1 aromatic heterocycles. The largest absolute Gasteiger partial charge is 0.342 e. The van der Waals surface area contributed by atoms with Gasteiger partial charge in [-0.1, -0.05) is 42.4 Å². The molecule has 2 aliphatic rings. The quantitative estimate of drug-likeness (QED) is 0.787. The number of benzene rings is 1. The second kappa shape index (κ2) is 10.00. The summed E-state index contributed by atoms with van der Waals surface area (Å²) in [6.07, 6.45) is 6.06. The third-order valence-corrected chi connectivity index (χ3v) is 6.72. The van der Waals surface area contributed by atoms with Crippen LogP contribution in [-0.2, 0) is 4.79 Å². The second-order valence-corrected chi connectivity index (χ2v) is 9.04. The summed E-state index contributed by atoms with van der Waals surface area (Å²) in [6.45, 7) is 2.63. The molecular weight excluding hydrogens is 414 g/mol. The van der Waals surface area contributed by atoms with E-state index in [4.69, 9.17) is 0 Å². The maximum atomic E-state index is 13.0. The van der Waals surface area contributed by atoms with E-state index in [1.165, 1.54) is 12.8 Å². The van der Waals surface area contributed by atoms with E-state index in [-0.39, 0.29) is 27.7 Å². The fraction of sp³-hybridized carbons (Fsp3) is 0.500. The average Bonchev–Trinajstić information content (AvgIpc) is 3.15. The number of carbonyl (C=O) groups is 3. The summed E-state index contributed by atoms with van der Waals surface area (Å²) in [6, 6.07) is 9.07. The van der Waals surface area contributed by atoms with E-state index in [0.29, 0.717) is 18.8 Å². The Balaban J connectivity index is 1.37. The molecule has 2 aliphatic heterocycles. The van der Waals surface area contributed by atoms with Crippen LogP contribution in [0.1, 0.15) is 58.1 Å². The molecule has 1 N–H and O–H groups in total. The van der Waals surface area contributed by atoms with Crippen molar-refractivity contribution in [3.05, 3.63) is 40.3 Å². The summed E-state index contributed by atoms with van der Waals surface area (Å²) in [5.41, 5.74) is 0.654. The molecule has 0 unspecified atom stereocenters. The van der Waals surface area contributed by atoms with Crippen LogP contribution in [0.5, 0.6) is 0 Å². The lowest BCUT2D eigenvalue weighted by atomic mass is 9.96. The third-order valence-electron chi connectivity index (χ3n) is 5.81. The molecule has 0 bridgehead atoms. The SMILES string of the molecule is O=C(Nc1ccccc1)c1nnc(C(=O)N2CCC[C@@H](C(=O)N3CCCCCC3)C2)s1. The summed E-state index contributed by atoms with van der Waals surface area (Å²) in [7, 11) is 0. The van der Waals surface area contributed by atoms with Crippen molar-refractivity contribution in [3.8, 4) is 0 Å². The number of rotatable bonds is 4. The van der Waals surface area contributed by atoms with Crippen LogP contribution in [0, 0.1) is 5.92 Å². The number of para-hydroxylation sites is 1. The van der Waals surface area contributed by atoms with E-state index in [1.807, 2.05) is 23.1 Å². The number of hydrogen-bond acceptors (Lipinski definition) is 6. The van der Waals surface area contributed by atoms with Crippen LogP contribution in [0.2, 0.25) is 0 Å². The number of anilines is 1. The van der Waals surface area contributed by atoms with Gasteiger partial charge in [-0.2, -0.15) is 0 Å². The number of aromatic nitrogens is 2. The normalized spacial score (nSPS) is 19.5. The monoisotopic (exact) mass is 441 g/mol. The van der Waals surface area contributed by atoms with Crippen molar-refractivity contribution in [2.75, 3.05) is 31.5 Å². The summed E-state index contributed by atoms with van der Waals surface area (Å²) in [5.74, 6) is -0.649. The van der Waals surface area contributed by atoms with Gasteiger partial charge < -0.3 is 15.1 Å². The van der Waals surface area contributed by atoms with Crippen molar-refractivity contribution in [2.24, 2.45) is 5.92 Å². The summed E-state index contributed by atoms with van der Waals surface area (Å²) in [5, 5.41) is 10.9. The van der Waals surface area contributed by atoms with Gasteiger partial charge in [-0.15, -0.1) is 10.2 Å². The minimum absolute atomic E-state index is 0.140.